The van der Waals surface area contributed by atoms with Gasteiger partial charge in [-0.1, -0.05) is 36.4 Å². The number of carbonyl (C=O) groups excluding carboxylic acids is 1. The SMILES string of the molecule is O=C(Cc1cccc(C(F)(F)F)c1)N1CCc2ccccc21. The number of rotatable bonds is 2. The molecule has 0 radical (unpaired) electrons. The van der Waals surface area contributed by atoms with Gasteiger partial charge in [0, 0.05) is 12.2 Å². The van der Waals surface area contributed by atoms with E-state index in [4.69, 9.17) is 0 Å². The van der Waals surface area contributed by atoms with Crippen LogP contribution in [0.3, 0.4) is 0 Å². The first-order valence-corrected chi connectivity index (χ1v) is 6.99. The van der Waals surface area contributed by atoms with Crippen LogP contribution in [0.5, 0.6) is 0 Å². The van der Waals surface area contributed by atoms with E-state index in [1.165, 1.54) is 6.07 Å². The van der Waals surface area contributed by atoms with E-state index in [0.29, 0.717) is 12.1 Å². The first-order chi connectivity index (χ1) is 10.4. The highest BCUT2D eigenvalue weighted by molar-refractivity contribution is 5.96. The van der Waals surface area contributed by atoms with Crippen molar-refractivity contribution in [1.82, 2.24) is 0 Å². The molecule has 1 aliphatic heterocycles. The van der Waals surface area contributed by atoms with E-state index >= 15 is 0 Å². The Morgan fingerprint density at radius 2 is 1.86 bits per heavy atom. The lowest BCUT2D eigenvalue weighted by molar-refractivity contribution is -0.137. The number of carbonyl (C=O) groups is 1. The Morgan fingerprint density at radius 3 is 2.64 bits per heavy atom. The summed E-state index contributed by atoms with van der Waals surface area (Å²) in [6, 6.07) is 12.5. The molecule has 0 spiro atoms. The first kappa shape index (κ1) is 14.6. The van der Waals surface area contributed by atoms with Crippen LogP contribution in [0.1, 0.15) is 16.7 Å². The second-order valence-electron chi connectivity index (χ2n) is 5.30. The van der Waals surface area contributed by atoms with Crippen molar-refractivity contribution in [2.75, 3.05) is 11.4 Å². The third-order valence-electron chi connectivity index (χ3n) is 3.80. The number of benzene rings is 2. The number of amides is 1. The summed E-state index contributed by atoms with van der Waals surface area (Å²) in [6.07, 6.45) is -3.64. The monoisotopic (exact) mass is 305 g/mol. The quantitative estimate of drug-likeness (QED) is 0.825. The highest BCUT2D eigenvalue weighted by atomic mass is 19.4. The first-order valence-electron chi connectivity index (χ1n) is 6.99. The summed E-state index contributed by atoms with van der Waals surface area (Å²) < 4.78 is 38.1. The molecule has 2 aromatic carbocycles. The maximum atomic E-state index is 12.7. The van der Waals surface area contributed by atoms with E-state index in [9.17, 15) is 18.0 Å². The van der Waals surface area contributed by atoms with Crippen molar-refractivity contribution in [2.45, 2.75) is 19.0 Å². The molecule has 0 atom stereocenters. The zero-order valence-electron chi connectivity index (χ0n) is 11.7. The normalized spacial score (nSPS) is 14.0. The van der Waals surface area contributed by atoms with Gasteiger partial charge >= 0.3 is 6.18 Å². The lowest BCUT2D eigenvalue weighted by Crippen LogP contribution is -2.30. The van der Waals surface area contributed by atoms with Crippen LogP contribution in [-0.2, 0) is 23.8 Å². The van der Waals surface area contributed by atoms with Gasteiger partial charge in [-0.25, -0.2) is 0 Å². The Hall–Kier alpha value is -2.30. The van der Waals surface area contributed by atoms with E-state index in [2.05, 4.69) is 0 Å². The van der Waals surface area contributed by atoms with Gasteiger partial charge in [-0.15, -0.1) is 0 Å². The van der Waals surface area contributed by atoms with E-state index in [0.717, 1.165) is 29.8 Å². The Labute approximate surface area is 126 Å². The molecule has 2 nitrogen and oxygen atoms in total. The molecule has 5 heteroatoms. The Balaban J connectivity index is 1.79. The van der Waals surface area contributed by atoms with Gasteiger partial charge in [-0.05, 0) is 29.7 Å². The zero-order chi connectivity index (χ0) is 15.7. The summed E-state index contributed by atoms with van der Waals surface area (Å²) in [5, 5.41) is 0. The predicted molar refractivity (Wildman–Crippen MR) is 77.6 cm³/mol. The van der Waals surface area contributed by atoms with Crippen LogP contribution >= 0.6 is 0 Å². The number of hydrogen-bond acceptors (Lipinski definition) is 1. The molecule has 0 N–H and O–H groups in total. The third kappa shape index (κ3) is 2.84. The number of alkyl halides is 3. The average molecular weight is 305 g/mol. The molecule has 0 saturated carbocycles. The summed E-state index contributed by atoms with van der Waals surface area (Å²) in [6.45, 7) is 0.580. The number of halogens is 3. The van der Waals surface area contributed by atoms with Crippen LogP contribution in [0.15, 0.2) is 48.5 Å². The Bertz CT molecular complexity index is 709. The number of hydrogen-bond donors (Lipinski definition) is 0. The van der Waals surface area contributed by atoms with Crippen molar-refractivity contribution in [3.63, 3.8) is 0 Å². The Morgan fingerprint density at radius 1 is 1.09 bits per heavy atom. The molecule has 0 aliphatic carbocycles. The molecule has 0 saturated heterocycles. The second kappa shape index (κ2) is 5.48. The predicted octanol–water partition coefficient (Wildman–Crippen LogP) is 3.84. The summed E-state index contributed by atoms with van der Waals surface area (Å²) in [4.78, 5) is 14.0. The van der Waals surface area contributed by atoms with E-state index < -0.39 is 11.7 Å². The van der Waals surface area contributed by atoms with E-state index in [1.54, 1.807) is 11.0 Å². The molecule has 0 fully saturated rings. The van der Waals surface area contributed by atoms with Gasteiger partial charge in [0.25, 0.3) is 0 Å². The second-order valence-corrected chi connectivity index (χ2v) is 5.30. The van der Waals surface area contributed by atoms with E-state index in [1.807, 2.05) is 24.3 Å². The number of nitrogens with zero attached hydrogens (tertiary/aromatic N) is 1. The summed E-state index contributed by atoms with van der Waals surface area (Å²) in [7, 11) is 0. The molecule has 1 heterocycles. The Kier molecular flexibility index (Phi) is 3.64. The number of anilines is 1. The van der Waals surface area contributed by atoms with Crippen molar-refractivity contribution in [2.24, 2.45) is 0 Å². The molecule has 22 heavy (non-hydrogen) atoms. The minimum absolute atomic E-state index is 0.0295. The fraction of sp³-hybridized carbons (Fsp3) is 0.235. The van der Waals surface area contributed by atoms with Crippen molar-refractivity contribution >= 4 is 11.6 Å². The van der Waals surface area contributed by atoms with Gasteiger partial charge in [0.05, 0.1) is 12.0 Å². The molecular weight excluding hydrogens is 291 g/mol. The molecule has 2 aromatic rings. The molecule has 3 rings (SSSR count). The van der Waals surface area contributed by atoms with Gasteiger partial charge in [-0.3, -0.25) is 4.79 Å². The zero-order valence-corrected chi connectivity index (χ0v) is 11.7. The standard InChI is InChI=1S/C17H14F3NO/c18-17(19,20)14-6-3-4-12(10-14)11-16(22)21-9-8-13-5-1-2-7-15(13)21/h1-7,10H,8-9,11H2. The van der Waals surface area contributed by atoms with Gasteiger partial charge in [-0.2, -0.15) is 13.2 Å². The summed E-state index contributed by atoms with van der Waals surface area (Å²) in [5.41, 5.74) is 1.61. The molecule has 114 valence electrons. The highest BCUT2D eigenvalue weighted by Gasteiger charge is 2.31. The molecule has 0 bridgehead atoms. The fourth-order valence-corrected chi connectivity index (χ4v) is 2.72. The summed E-state index contributed by atoms with van der Waals surface area (Å²) >= 11 is 0. The lowest BCUT2D eigenvalue weighted by Gasteiger charge is -2.17. The van der Waals surface area contributed by atoms with Crippen LogP contribution in [0, 0.1) is 0 Å². The molecule has 1 amide bonds. The van der Waals surface area contributed by atoms with Crippen LogP contribution < -0.4 is 4.90 Å². The molecule has 1 aliphatic rings. The van der Waals surface area contributed by atoms with Gasteiger partial charge in [0.15, 0.2) is 0 Å². The van der Waals surface area contributed by atoms with Crippen molar-refractivity contribution < 1.29 is 18.0 Å². The van der Waals surface area contributed by atoms with Crippen LogP contribution in [-0.4, -0.2) is 12.5 Å². The minimum Gasteiger partial charge on any atom is -0.312 e. The van der Waals surface area contributed by atoms with Crippen LogP contribution in [0.4, 0.5) is 18.9 Å². The van der Waals surface area contributed by atoms with Gasteiger partial charge in [0.1, 0.15) is 0 Å². The average Bonchev–Trinajstić information content (AvgIpc) is 2.90. The van der Waals surface area contributed by atoms with Gasteiger partial charge in [0.2, 0.25) is 5.91 Å². The molecule has 0 aromatic heterocycles. The van der Waals surface area contributed by atoms with Crippen molar-refractivity contribution in [1.29, 1.82) is 0 Å². The third-order valence-corrected chi connectivity index (χ3v) is 3.80. The van der Waals surface area contributed by atoms with Crippen LogP contribution in [0.2, 0.25) is 0 Å². The minimum atomic E-state index is -4.39. The topological polar surface area (TPSA) is 20.3 Å². The largest absolute Gasteiger partial charge is 0.416 e. The highest BCUT2D eigenvalue weighted by Crippen LogP contribution is 2.31. The van der Waals surface area contributed by atoms with Gasteiger partial charge < -0.3 is 4.90 Å². The fourth-order valence-electron chi connectivity index (χ4n) is 2.72. The van der Waals surface area contributed by atoms with Crippen LogP contribution in [0.25, 0.3) is 0 Å². The maximum Gasteiger partial charge on any atom is 0.416 e. The van der Waals surface area contributed by atoms with Crippen molar-refractivity contribution in [3.05, 3.63) is 65.2 Å². The smallest absolute Gasteiger partial charge is 0.312 e. The summed E-state index contributed by atoms with van der Waals surface area (Å²) in [5.74, 6) is -0.177. The lowest BCUT2D eigenvalue weighted by atomic mass is 10.1. The van der Waals surface area contributed by atoms with E-state index in [-0.39, 0.29) is 12.3 Å². The number of para-hydroxylation sites is 1. The number of fused-ring (bicyclic) bond motifs is 1. The molecule has 0 unspecified atom stereocenters. The maximum absolute atomic E-state index is 12.7. The van der Waals surface area contributed by atoms with Crippen molar-refractivity contribution in [3.8, 4) is 0 Å². The molecular formula is C17H14F3NO.